The number of fused-ring (bicyclic) bond motifs is 2. The predicted molar refractivity (Wildman–Crippen MR) is 104 cm³/mol. The summed E-state index contributed by atoms with van der Waals surface area (Å²) in [4.78, 5) is 7.57. The van der Waals surface area contributed by atoms with Crippen LogP contribution in [0.3, 0.4) is 0 Å². The second-order valence-electron chi connectivity index (χ2n) is 6.22. The van der Waals surface area contributed by atoms with Crippen LogP contribution < -0.4 is 15.4 Å². The van der Waals surface area contributed by atoms with E-state index < -0.39 is 5.91 Å². The number of nitrogens with zero attached hydrogens (tertiary/aromatic N) is 1. The Morgan fingerprint density at radius 2 is 1.96 bits per heavy atom. The Labute approximate surface area is 152 Å². The Bertz CT molecular complexity index is 979. The Kier molecular flexibility index (Phi) is 4.05. The standard InChI is InChI=1S/C20H22N4O2/c1-4-25-20(16-7-5-6-8-18(16)23-19(21-3)24-20)26-15-9-10-17-14(12-15)11-13(2)22-17/h5-12,22H,4H2,1-3H3,(H2,21,23,24). The number of hydrogen-bond donors (Lipinski definition) is 3. The third-order valence-corrected chi connectivity index (χ3v) is 4.38. The summed E-state index contributed by atoms with van der Waals surface area (Å²) in [5.74, 6) is 0.158. The van der Waals surface area contributed by atoms with Crippen LogP contribution >= 0.6 is 0 Å². The molecule has 1 atom stereocenters. The molecule has 2 aromatic carbocycles. The number of para-hydroxylation sites is 1. The van der Waals surface area contributed by atoms with Gasteiger partial charge in [0.05, 0.1) is 17.9 Å². The molecule has 0 fully saturated rings. The van der Waals surface area contributed by atoms with Gasteiger partial charge in [0.25, 0.3) is 0 Å². The molecule has 1 aromatic heterocycles. The molecule has 0 saturated heterocycles. The molecular weight excluding hydrogens is 328 g/mol. The number of benzene rings is 2. The van der Waals surface area contributed by atoms with Crippen LogP contribution in [0.15, 0.2) is 53.5 Å². The van der Waals surface area contributed by atoms with Gasteiger partial charge in [0.15, 0.2) is 0 Å². The van der Waals surface area contributed by atoms with Gasteiger partial charge in [-0.2, -0.15) is 0 Å². The molecule has 134 valence electrons. The van der Waals surface area contributed by atoms with Crippen molar-refractivity contribution in [2.75, 3.05) is 19.0 Å². The molecule has 0 saturated carbocycles. The molecule has 1 aliphatic rings. The van der Waals surface area contributed by atoms with Crippen molar-refractivity contribution in [3.05, 3.63) is 59.8 Å². The van der Waals surface area contributed by atoms with E-state index in [1.54, 1.807) is 7.05 Å². The predicted octanol–water partition coefficient (Wildman–Crippen LogP) is 3.70. The molecule has 0 radical (unpaired) electrons. The summed E-state index contributed by atoms with van der Waals surface area (Å²) in [7, 11) is 1.72. The SMILES string of the molecule is CCOC1(Oc2ccc3[nH]c(C)cc3c2)NC(=NC)Nc2ccccc21. The number of H-pyrrole nitrogens is 1. The van der Waals surface area contributed by atoms with Crippen LogP contribution in [0.25, 0.3) is 10.9 Å². The number of aromatic amines is 1. The Morgan fingerprint density at radius 3 is 2.77 bits per heavy atom. The first kappa shape index (κ1) is 16.5. The van der Waals surface area contributed by atoms with Crippen LogP contribution in [0.2, 0.25) is 0 Å². The van der Waals surface area contributed by atoms with E-state index in [0.717, 1.165) is 27.8 Å². The van der Waals surface area contributed by atoms with Crippen molar-refractivity contribution in [2.45, 2.75) is 19.8 Å². The van der Waals surface area contributed by atoms with E-state index in [0.29, 0.717) is 18.3 Å². The van der Waals surface area contributed by atoms with Crippen molar-refractivity contribution in [3.63, 3.8) is 0 Å². The lowest BCUT2D eigenvalue weighted by Crippen LogP contribution is -2.57. The maximum atomic E-state index is 6.39. The fourth-order valence-electron chi connectivity index (χ4n) is 3.29. The molecule has 26 heavy (non-hydrogen) atoms. The van der Waals surface area contributed by atoms with E-state index >= 15 is 0 Å². The zero-order valence-electron chi connectivity index (χ0n) is 15.1. The van der Waals surface area contributed by atoms with Crippen LogP contribution in [0, 0.1) is 6.92 Å². The minimum Gasteiger partial charge on any atom is -0.440 e. The molecular formula is C20H22N4O2. The second-order valence-corrected chi connectivity index (χ2v) is 6.22. The molecule has 3 N–H and O–H groups in total. The van der Waals surface area contributed by atoms with E-state index in [-0.39, 0.29) is 0 Å². The summed E-state index contributed by atoms with van der Waals surface area (Å²) in [5.41, 5.74) is 3.97. The second kappa shape index (κ2) is 6.38. The van der Waals surface area contributed by atoms with Gasteiger partial charge < -0.3 is 19.8 Å². The molecule has 6 heteroatoms. The third-order valence-electron chi connectivity index (χ3n) is 4.38. The monoisotopic (exact) mass is 350 g/mol. The summed E-state index contributed by atoms with van der Waals surface area (Å²) < 4.78 is 12.5. The number of ether oxygens (including phenoxy) is 2. The van der Waals surface area contributed by atoms with Gasteiger partial charge in [0.2, 0.25) is 5.96 Å². The highest BCUT2D eigenvalue weighted by Gasteiger charge is 2.42. The smallest absolute Gasteiger partial charge is 0.325 e. The molecule has 0 bridgehead atoms. The summed E-state index contributed by atoms with van der Waals surface area (Å²) >= 11 is 0. The van der Waals surface area contributed by atoms with Gasteiger partial charge in [-0.25, -0.2) is 0 Å². The topological polar surface area (TPSA) is 70.7 Å². The van der Waals surface area contributed by atoms with Gasteiger partial charge in [-0.3, -0.25) is 10.3 Å². The van der Waals surface area contributed by atoms with Crippen molar-refractivity contribution in [1.29, 1.82) is 0 Å². The Balaban J connectivity index is 1.80. The van der Waals surface area contributed by atoms with Crippen LogP contribution in [-0.2, 0) is 10.6 Å². The lowest BCUT2D eigenvalue weighted by Gasteiger charge is -2.40. The lowest BCUT2D eigenvalue weighted by molar-refractivity contribution is -0.201. The average molecular weight is 350 g/mol. The van der Waals surface area contributed by atoms with E-state index in [2.05, 4.69) is 26.7 Å². The molecule has 2 heterocycles. The Hall–Kier alpha value is -2.99. The van der Waals surface area contributed by atoms with Crippen LogP contribution in [0.1, 0.15) is 18.2 Å². The quantitative estimate of drug-likeness (QED) is 0.628. The van der Waals surface area contributed by atoms with Crippen LogP contribution in [0.4, 0.5) is 5.69 Å². The van der Waals surface area contributed by atoms with Crippen molar-refractivity contribution < 1.29 is 9.47 Å². The summed E-state index contributed by atoms with van der Waals surface area (Å²) in [6.45, 7) is 4.46. The number of hydrogen-bond acceptors (Lipinski definition) is 3. The van der Waals surface area contributed by atoms with Crippen molar-refractivity contribution in [3.8, 4) is 5.75 Å². The van der Waals surface area contributed by atoms with Gasteiger partial charge in [0, 0.05) is 23.6 Å². The first-order chi connectivity index (χ1) is 12.6. The number of anilines is 1. The lowest BCUT2D eigenvalue weighted by atomic mass is 10.1. The molecule has 0 aliphatic carbocycles. The number of aliphatic imine (C=N–C) groups is 1. The van der Waals surface area contributed by atoms with Crippen molar-refractivity contribution in [2.24, 2.45) is 4.99 Å². The summed E-state index contributed by atoms with van der Waals surface area (Å²) in [6, 6.07) is 16.0. The number of rotatable bonds is 4. The molecule has 1 aliphatic heterocycles. The van der Waals surface area contributed by atoms with E-state index in [4.69, 9.17) is 9.47 Å². The normalized spacial score (nSPS) is 20.5. The van der Waals surface area contributed by atoms with Crippen LogP contribution in [0.5, 0.6) is 5.75 Å². The van der Waals surface area contributed by atoms with Gasteiger partial charge >= 0.3 is 5.91 Å². The molecule has 4 rings (SSSR count). The fraction of sp³-hybridized carbons (Fsp3) is 0.250. The number of nitrogens with one attached hydrogen (secondary N) is 3. The maximum absolute atomic E-state index is 6.39. The molecule has 6 nitrogen and oxygen atoms in total. The zero-order chi connectivity index (χ0) is 18.1. The van der Waals surface area contributed by atoms with E-state index in [9.17, 15) is 0 Å². The van der Waals surface area contributed by atoms with E-state index in [1.807, 2.05) is 56.3 Å². The van der Waals surface area contributed by atoms with E-state index in [1.165, 1.54) is 0 Å². The maximum Gasteiger partial charge on any atom is 0.325 e. The van der Waals surface area contributed by atoms with Crippen molar-refractivity contribution in [1.82, 2.24) is 10.3 Å². The molecule has 1 unspecified atom stereocenters. The minimum absolute atomic E-state index is 0.476. The minimum atomic E-state index is -1.15. The summed E-state index contributed by atoms with van der Waals surface area (Å²) in [6.07, 6.45) is 0. The fourth-order valence-corrected chi connectivity index (χ4v) is 3.29. The molecule has 3 aromatic rings. The van der Waals surface area contributed by atoms with Gasteiger partial charge in [-0.05, 0) is 50.2 Å². The van der Waals surface area contributed by atoms with Crippen LogP contribution in [-0.4, -0.2) is 24.6 Å². The van der Waals surface area contributed by atoms with Gasteiger partial charge in [-0.15, -0.1) is 0 Å². The number of aryl methyl sites for hydroxylation is 1. The zero-order valence-corrected chi connectivity index (χ0v) is 15.1. The highest BCUT2D eigenvalue weighted by molar-refractivity contribution is 5.97. The third kappa shape index (κ3) is 2.78. The van der Waals surface area contributed by atoms with Crippen molar-refractivity contribution >= 4 is 22.5 Å². The largest absolute Gasteiger partial charge is 0.440 e. The molecule has 0 amide bonds. The summed E-state index contributed by atoms with van der Waals surface area (Å²) in [5, 5.41) is 7.61. The highest BCUT2D eigenvalue weighted by Crippen LogP contribution is 2.36. The van der Waals surface area contributed by atoms with Gasteiger partial charge in [-0.1, -0.05) is 12.1 Å². The van der Waals surface area contributed by atoms with Gasteiger partial charge in [0.1, 0.15) is 5.75 Å². The first-order valence-corrected chi connectivity index (χ1v) is 8.67. The Morgan fingerprint density at radius 1 is 1.12 bits per heavy atom. The number of aromatic nitrogens is 1. The molecule has 0 spiro atoms. The number of guanidine groups is 1. The highest BCUT2D eigenvalue weighted by atomic mass is 16.7. The average Bonchev–Trinajstić information content (AvgIpc) is 3.01. The first-order valence-electron chi connectivity index (χ1n) is 8.67.